The fourth-order valence-corrected chi connectivity index (χ4v) is 5.50. The van der Waals surface area contributed by atoms with Crippen LogP contribution in [-0.4, -0.2) is 54.5 Å². The van der Waals surface area contributed by atoms with Gasteiger partial charge in [-0.1, -0.05) is 6.07 Å². The molecule has 3 aliphatic heterocycles. The summed E-state index contributed by atoms with van der Waals surface area (Å²) >= 11 is 0. The number of nitrogens with zero attached hydrogens (tertiary/aromatic N) is 3. The predicted molar refractivity (Wildman–Crippen MR) is 130 cm³/mol. The van der Waals surface area contributed by atoms with Gasteiger partial charge in [-0.15, -0.1) is 12.4 Å². The highest BCUT2D eigenvalue weighted by Crippen LogP contribution is 2.41. The number of fused-ring (bicyclic) bond motifs is 2. The molecular weight excluding hydrogens is 490 g/mol. The van der Waals surface area contributed by atoms with Crippen LogP contribution in [0.4, 0.5) is 13.6 Å². The molecule has 190 valence electrons. The first kappa shape index (κ1) is 25.9. The summed E-state index contributed by atoms with van der Waals surface area (Å²) in [6.45, 7) is 2.89. The van der Waals surface area contributed by atoms with Crippen LogP contribution in [-0.2, 0) is 10.3 Å². The van der Waals surface area contributed by atoms with E-state index in [0.29, 0.717) is 30.5 Å². The highest BCUT2D eigenvalue weighted by atomic mass is 35.5. The minimum absolute atomic E-state index is 0. The Morgan fingerprint density at radius 2 is 1.81 bits per heavy atom. The maximum Gasteiger partial charge on any atom is 0.325 e. The quantitative estimate of drug-likeness (QED) is 0.606. The number of carbonyl (C=O) groups is 2. The van der Waals surface area contributed by atoms with Gasteiger partial charge in [-0.3, -0.25) is 9.69 Å². The Kier molecular flexibility index (Phi) is 7.48. The predicted octanol–water partition coefficient (Wildman–Crippen LogP) is 4.06. The molecular formula is C26H27ClF2N4O3. The molecule has 0 bridgehead atoms. The van der Waals surface area contributed by atoms with Gasteiger partial charge in [0, 0.05) is 24.6 Å². The third-order valence-electron chi connectivity index (χ3n) is 7.33. The summed E-state index contributed by atoms with van der Waals surface area (Å²) in [6, 6.07) is 10.1. The van der Waals surface area contributed by atoms with E-state index in [4.69, 9.17) is 4.74 Å². The average Bonchev–Trinajstić information content (AvgIpc) is 3.09. The van der Waals surface area contributed by atoms with Crippen molar-refractivity contribution in [2.24, 2.45) is 0 Å². The minimum atomic E-state index is -1.20. The maximum absolute atomic E-state index is 13.6. The van der Waals surface area contributed by atoms with Crippen molar-refractivity contribution in [1.29, 1.82) is 5.26 Å². The van der Waals surface area contributed by atoms with E-state index in [9.17, 15) is 23.6 Å². The van der Waals surface area contributed by atoms with Crippen molar-refractivity contribution in [1.82, 2.24) is 15.1 Å². The number of rotatable bonds is 5. The summed E-state index contributed by atoms with van der Waals surface area (Å²) in [6.07, 6.45) is 2.65. The lowest BCUT2D eigenvalue weighted by molar-refractivity contribution is -0.132. The van der Waals surface area contributed by atoms with Crippen LogP contribution in [0.3, 0.4) is 0 Å². The van der Waals surface area contributed by atoms with Gasteiger partial charge in [-0.2, -0.15) is 5.26 Å². The van der Waals surface area contributed by atoms with Crippen molar-refractivity contribution >= 4 is 24.3 Å². The van der Waals surface area contributed by atoms with Gasteiger partial charge in [0.05, 0.1) is 18.2 Å². The summed E-state index contributed by atoms with van der Waals surface area (Å²) in [5, 5.41) is 12.2. The van der Waals surface area contributed by atoms with Crippen molar-refractivity contribution in [3.8, 4) is 11.8 Å². The molecule has 2 aromatic carbocycles. The Morgan fingerprint density at radius 1 is 1.08 bits per heavy atom. The number of benzene rings is 2. The molecule has 0 radical (unpaired) electrons. The number of piperidine rings is 1. The minimum Gasteiger partial charge on any atom is -0.493 e. The Labute approximate surface area is 214 Å². The van der Waals surface area contributed by atoms with E-state index >= 15 is 0 Å². The number of halogens is 3. The van der Waals surface area contributed by atoms with Crippen molar-refractivity contribution in [2.45, 2.75) is 37.1 Å². The number of hydrogen-bond acceptors (Lipinski definition) is 5. The van der Waals surface area contributed by atoms with Crippen LogP contribution in [0.2, 0.25) is 0 Å². The third kappa shape index (κ3) is 4.63. The normalized spacial score (nSPS) is 22.0. The lowest BCUT2D eigenvalue weighted by atomic mass is 9.84. The van der Waals surface area contributed by atoms with Gasteiger partial charge in [0.1, 0.15) is 17.4 Å². The zero-order valence-corrected chi connectivity index (χ0v) is 20.5. The van der Waals surface area contributed by atoms with Crippen LogP contribution < -0.4 is 10.1 Å². The lowest BCUT2D eigenvalue weighted by Crippen LogP contribution is -2.47. The summed E-state index contributed by atoms with van der Waals surface area (Å²) in [7, 11) is 0. The number of ether oxygens (including phenoxy) is 1. The van der Waals surface area contributed by atoms with Crippen LogP contribution >= 0.6 is 12.4 Å². The van der Waals surface area contributed by atoms with Gasteiger partial charge in [0.2, 0.25) is 0 Å². The van der Waals surface area contributed by atoms with Crippen molar-refractivity contribution in [3.63, 3.8) is 0 Å². The molecule has 10 heteroatoms. The monoisotopic (exact) mass is 516 g/mol. The first-order chi connectivity index (χ1) is 16.9. The number of urea groups is 1. The summed E-state index contributed by atoms with van der Waals surface area (Å²) in [5.74, 6) is -0.679. The lowest BCUT2D eigenvalue weighted by Gasteiger charge is -2.33. The standard InChI is InChI=1S/C26H26F2N4O3.ClH/c27-19-2-4-21(18(14-19)16-29)17-6-11-31(12-7-17)9-1-10-32-24(33)26(30-25(32)34)8-13-35-23-15-20(28)3-5-22(23)26;/h2-5,14-15,17H,1,6-13H2,(H,30,34);1H. The van der Waals surface area contributed by atoms with E-state index < -0.39 is 23.2 Å². The summed E-state index contributed by atoms with van der Waals surface area (Å²) in [4.78, 5) is 29.6. The molecule has 1 N–H and O–H groups in total. The van der Waals surface area contributed by atoms with E-state index in [0.717, 1.165) is 38.0 Å². The van der Waals surface area contributed by atoms with Crippen LogP contribution in [0.15, 0.2) is 36.4 Å². The Balaban J connectivity index is 0.00000304. The Hall–Kier alpha value is -3.22. The molecule has 3 aliphatic rings. The fraction of sp³-hybridized carbons (Fsp3) is 0.423. The number of nitrogens with one attached hydrogen (secondary N) is 1. The van der Waals surface area contributed by atoms with Gasteiger partial charge in [0.25, 0.3) is 5.91 Å². The highest BCUT2D eigenvalue weighted by molar-refractivity contribution is 6.07. The van der Waals surface area contributed by atoms with Gasteiger partial charge in [-0.05, 0) is 74.6 Å². The second kappa shape index (κ2) is 10.4. The smallest absolute Gasteiger partial charge is 0.325 e. The highest BCUT2D eigenvalue weighted by Gasteiger charge is 2.54. The SMILES string of the molecule is Cl.N#Cc1cc(F)ccc1C1CCN(CCCN2C(=O)NC3(CCOc4cc(F)ccc43)C2=O)CC1. The number of carbonyl (C=O) groups excluding carboxylic acids is 2. The van der Waals surface area contributed by atoms with Crippen LogP contribution in [0.5, 0.6) is 5.75 Å². The van der Waals surface area contributed by atoms with Crippen LogP contribution in [0, 0.1) is 23.0 Å². The van der Waals surface area contributed by atoms with Gasteiger partial charge in [-0.25, -0.2) is 13.6 Å². The van der Waals surface area contributed by atoms with Gasteiger partial charge < -0.3 is 15.0 Å². The number of likely N-dealkylation sites (tertiary alicyclic amines) is 1. The molecule has 3 amide bonds. The Bertz CT molecular complexity index is 1210. The van der Waals surface area contributed by atoms with E-state index in [1.54, 1.807) is 6.07 Å². The first-order valence-electron chi connectivity index (χ1n) is 11.9. The zero-order chi connectivity index (χ0) is 24.6. The number of hydrogen-bond donors (Lipinski definition) is 1. The molecule has 1 spiro atoms. The fourth-order valence-electron chi connectivity index (χ4n) is 5.50. The molecule has 2 aromatic rings. The molecule has 0 saturated carbocycles. The number of imide groups is 1. The molecule has 2 fully saturated rings. The Morgan fingerprint density at radius 3 is 2.56 bits per heavy atom. The summed E-state index contributed by atoms with van der Waals surface area (Å²) in [5.41, 5.74) is 0.582. The van der Waals surface area contributed by atoms with Crippen molar-refractivity contribution in [3.05, 3.63) is 64.7 Å². The second-order valence-corrected chi connectivity index (χ2v) is 9.34. The van der Waals surface area contributed by atoms with Crippen molar-refractivity contribution < 1.29 is 23.1 Å². The van der Waals surface area contributed by atoms with E-state index in [1.165, 1.54) is 35.2 Å². The van der Waals surface area contributed by atoms with Crippen LogP contribution in [0.25, 0.3) is 0 Å². The molecule has 1 atom stereocenters. The maximum atomic E-state index is 13.6. The van der Waals surface area contributed by atoms with E-state index in [2.05, 4.69) is 16.3 Å². The third-order valence-corrected chi connectivity index (χ3v) is 7.33. The topological polar surface area (TPSA) is 85.7 Å². The van der Waals surface area contributed by atoms with E-state index in [-0.39, 0.29) is 36.6 Å². The summed E-state index contributed by atoms with van der Waals surface area (Å²) < 4.78 is 32.6. The average molecular weight is 517 g/mol. The first-order valence-corrected chi connectivity index (χ1v) is 11.9. The van der Waals surface area contributed by atoms with Crippen molar-refractivity contribution in [2.75, 3.05) is 32.8 Å². The molecule has 7 nitrogen and oxygen atoms in total. The molecule has 0 aliphatic carbocycles. The van der Waals surface area contributed by atoms with E-state index in [1.807, 2.05) is 0 Å². The molecule has 1 unspecified atom stereocenters. The molecule has 36 heavy (non-hydrogen) atoms. The zero-order valence-electron chi connectivity index (χ0n) is 19.6. The van der Waals surface area contributed by atoms with Gasteiger partial charge in [0.15, 0.2) is 5.54 Å². The second-order valence-electron chi connectivity index (χ2n) is 9.34. The molecule has 2 saturated heterocycles. The number of nitriles is 1. The molecule has 0 aromatic heterocycles. The van der Waals surface area contributed by atoms with Gasteiger partial charge >= 0.3 is 6.03 Å². The van der Waals surface area contributed by atoms with Crippen LogP contribution in [0.1, 0.15) is 48.3 Å². The molecule has 3 heterocycles. The number of amides is 3. The molecule has 5 rings (SSSR count). The largest absolute Gasteiger partial charge is 0.493 e.